The Morgan fingerprint density at radius 3 is 2.67 bits per heavy atom. The fraction of sp³-hybridized carbons (Fsp3) is 0.467. The largest absolute Gasteiger partial charge is 0.341 e. The number of hydrogen-bond donors (Lipinski definition) is 0. The van der Waals surface area contributed by atoms with E-state index in [0.29, 0.717) is 12.1 Å². The van der Waals surface area contributed by atoms with E-state index < -0.39 is 0 Å². The lowest BCUT2D eigenvalue weighted by Crippen LogP contribution is -2.37. The summed E-state index contributed by atoms with van der Waals surface area (Å²) >= 11 is 0. The first-order valence-corrected chi connectivity index (χ1v) is 6.15. The van der Waals surface area contributed by atoms with E-state index in [1.165, 1.54) is 0 Å². The molecule has 0 saturated carbocycles. The van der Waals surface area contributed by atoms with Gasteiger partial charge >= 0.3 is 0 Å². The summed E-state index contributed by atoms with van der Waals surface area (Å²) in [6.07, 6.45) is 0.814. The van der Waals surface area contributed by atoms with E-state index in [1.807, 2.05) is 39.0 Å². The minimum absolute atomic E-state index is 0.132. The zero-order valence-electron chi connectivity index (χ0n) is 11.5. The molecule has 18 heavy (non-hydrogen) atoms. The van der Waals surface area contributed by atoms with Crippen LogP contribution in [0.3, 0.4) is 0 Å². The van der Waals surface area contributed by atoms with Crippen LogP contribution in [0.5, 0.6) is 0 Å². The predicted molar refractivity (Wildman–Crippen MR) is 71.7 cm³/mol. The van der Waals surface area contributed by atoms with Crippen molar-refractivity contribution in [2.45, 2.75) is 33.7 Å². The van der Waals surface area contributed by atoms with E-state index in [-0.39, 0.29) is 11.3 Å². The summed E-state index contributed by atoms with van der Waals surface area (Å²) < 4.78 is 0. The van der Waals surface area contributed by atoms with Crippen molar-refractivity contribution in [3.05, 3.63) is 35.4 Å². The first-order valence-electron chi connectivity index (χ1n) is 6.15. The van der Waals surface area contributed by atoms with Crippen molar-refractivity contribution < 1.29 is 4.79 Å². The number of nitriles is 1. The topological polar surface area (TPSA) is 44.1 Å². The molecular weight excluding hydrogens is 224 g/mol. The second-order valence-corrected chi connectivity index (χ2v) is 5.21. The maximum atomic E-state index is 12.2. The Morgan fingerprint density at radius 1 is 1.44 bits per heavy atom. The first-order chi connectivity index (χ1) is 8.40. The average Bonchev–Trinajstić information content (AvgIpc) is 2.37. The molecule has 3 heteroatoms. The zero-order chi connectivity index (χ0) is 13.8. The highest BCUT2D eigenvalue weighted by Crippen LogP contribution is 2.23. The summed E-state index contributed by atoms with van der Waals surface area (Å²) in [4.78, 5) is 13.9. The third-order valence-corrected chi connectivity index (χ3v) is 3.29. The lowest BCUT2D eigenvalue weighted by Gasteiger charge is -2.28. The van der Waals surface area contributed by atoms with Crippen LogP contribution < -0.4 is 0 Å². The number of carbonyl (C=O) groups is 1. The van der Waals surface area contributed by atoms with Crippen LogP contribution in [0.25, 0.3) is 0 Å². The second-order valence-electron chi connectivity index (χ2n) is 5.21. The smallest absolute Gasteiger partial charge is 0.228 e. The van der Waals surface area contributed by atoms with Crippen molar-refractivity contribution >= 4 is 5.91 Å². The maximum absolute atomic E-state index is 12.2. The van der Waals surface area contributed by atoms with Gasteiger partial charge < -0.3 is 4.90 Å². The lowest BCUT2D eigenvalue weighted by atomic mass is 9.88. The molecule has 0 saturated heterocycles. The number of nitrogens with zero attached hydrogens (tertiary/aromatic N) is 2. The van der Waals surface area contributed by atoms with E-state index in [9.17, 15) is 4.79 Å². The Balaban J connectivity index is 2.79. The monoisotopic (exact) mass is 244 g/mol. The number of hydrogen-bond acceptors (Lipinski definition) is 2. The van der Waals surface area contributed by atoms with Crippen LogP contribution in [0, 0.1) is 16.7 Å². The van der Waals surface area contributed by atoms with Crippen molar-refractivity contribution in [3.63, 3.8) is 0 Å². The summed E-state index contributed by atoms with van der Waals surface area (Å²) in [5, 5.41) is 8.84. The Kier molecular flexibility index (Phi) is 4.49. The summed E-state index contributed by atoms with van der Waals surface area (Å²) in [7, 11) is 1.80. The van der Waals surface area contributed by atoms with Gasteiger partial charge in [-0.1, -0.05) is 32.9 Å². The highest BCUT2D eigenvalue weighted by molar-refractivity contribution is 5.81. The van der Waals surface area contributed by atoms with Gasteiger partial charge in [-0.2, -0.15) is 5.26 Å². The molecule has 1 rings (SSSR count). The highest BCUT2D eigenvalue weighted by atomic mass is 16.2. The van der Waals surface area contributed by atoms with Gasteiger partial charge in [-0.05, 0) is 24.1 Å². The van der Waals surface area contributed by atoms with Crippen LogP contribution in [-0.2, 0) is 11.3 Å². The fourth-order valence-electron chi connectivity index (χ4n) is 1.75. The van der Waals surface area contributed by atoms with Gasteiger partial charge in [-0.3, -0.25) is 4.79 Å². The maximum Gasteiger partial charge on any atom is 0.228 e. The molecule has 0 unspecified atom stereocenters. The Hall–Kier alpha value is -1.82. The molecule has 0 aliphatic heterocycles. The third-order valence-electron chi connectivity index (χ3n) is 3.29. The number of benzene rings is 1. The van der Waals surface area contributed by atoms with Gasteiger partial charge in [-0.25, -0.2) is 0 Å². The van der Waals surface area contributed by atoms with Crippen molar-refractivity contribution in [1.82, 2.24) is 4.90 Å². The van der Waals surface area contributed by atoms with Gasteiger partial charge in [0, 0.05) is 19.0 Å². The zero-order valence-corrected chi connectivity index (χ0v) is 11.5. The molecule has 0 N–H and O–H groups in total. The molecule has 0 aromatic heterocycles. The highest BCUT2D eigenvalue weighted by Gasteiger charge is 2.28. The molecule has 1 amide bonds. The molecule has 0 spiro atoms. The number of rotatable bonds is 4. The predicted octanol–water partition coefficient (Wildman–Crippen LogP) is 2.95. The van der Waals surface area contributed by atoms with Gasteiger partial charge in [0.25, 0.3) is 0 Å². The first kappa shape index (κ1) is 14.2. The van der Waals surface area contributed by atoms with Crippen molar-refractivity contribution in [1.29, 1.82) is 5.26 Å². The van der Waals surface area contributed by atoms with Gasteiger partial charge in [0.1, 0.15) is 0 Å². The van der Waals surface area contributed by atoms with Gasteiger partial charge in [0.2, 0.25) is 5.91 Å². The molecule has 0 atom stereocenters. The Morgan fingerprint density at radius 2 is 2.11 bits per heavy atom. The van der Waals surface area contributed by atoms with Crippen LogP contribution in [0.2, 0.25) is 0 Å². The average molecular weight is 244 g/mol. The minimum Gasteiger partial charge on any atom is -0.341 e. The molecule has 0 heterocycles. The van der Waals surface area contributed by atoms with E-state index in [0.717, 1.165) is 12.0 Å². The summed E-state index contributed by atoms with van der Waals surface area (Å²) in [5.41, 5.74) is 1.28. The van der Waals surface area contributed by atoms with Crippen LogP contribution in [-0.4, -0.2) is 17.9 Å². The van der Waals surface area contributed by atoms with Crippen molar-refractivity contribution in [2.24, 2.45) is 5.41 Å². The molecule has 0 aliphatic rings. The quantitative estimate of drug-likeness (QED) is 0.817. The van der Waals surface area contributed by atoms with Crippen LogP contribution in [0.1, 0.15) is 38.3 Å². The Bertz CT molecular complexity index is 472. The molecule has 0 aliphatic carbocycles. The van der Waals surface area contributed by atoms with E-state index in [2.05, 4.69) is 6.07 Å². The molecule has 96 valence electrons. The van der Waals surface area contributed by atoms with Crippen LogP contribution in [0.15, 0.2) is 24.3 Å². The number of carbonyl (C=O) groups excluding carboxylic acids is 1. The third kappa shape index (κ3) is 3.33. The van der Waals surface area contributed by atoms with Gasteiger partial charge in [0.15, 0.2) is 0 Å². The molecule has 1 aromatic carbocycles. The van der Waals surface area contributed by atoms with E-state index in [1.54, 1.807) is 18.0 Å². The molecule has 0 fully saturated rings. The van der Waals surface area contributed by atoms with E-state index >= 15 is 0 Å². The number of amides is 1. The second kappa shape index (κ2) is 5.68. The van der Waals surface area contributed by atoms with Crippen LogP contribution >= 0.6 is 0 Å². The van der Waals surface area contributed by atoms with E-state index in [4.69, 9.17) is 5.26 Å². The minimum atomic E-state index is -0.332. The normalized spacial score (nSPS) is 10.8. The molecule has 0 radical (unpaired) electrons. The standard InChI is InChI=1S/C15H20N2O/c1-5-15(2,3)14(18)17(4)11-13-8-6-7-12(9-13)10-16/h6-9H,5,11H2,1-4H3. The molecular formula is C15H20N2O. The summed E-state index contributed by atoms with van der Waals surface area (Å²) in [6, 6.07) is 9.47. The molecule has 3 nitrogen and oxygen atoms in total. The van der Waals surface area contributed by atoms with Crippen molar-refractivity contribution in [3.8, 4) is 6.07 Å². The van der Waals surface area contributed by atoms with Crippen LogP contribution in [0.4, 0.5) is 0 Å². The Labute approximate surface area is 109 Å². The fourth-order valence-corrected chi connectivity index (χ4v) is 1.75. The SMILES string of the molecule is CCC(C)(C)C(=O)N(C)Cc1cccc(C#N)c1. The van der Waals surface area contributed by atoms with Gasteiger partial charge in [-0.15, -0.1) is 0 Å². The van der Waals surface area contributed by atoms with Crippen molar-refractivity contribution in [2.75, 3.05) is 7.05 Å². The molecule has 0 bridgehead atoms. The lowest BCUT2D eigenvalue weighted by molar-refractivity contribution is -0.139. The summed E-state index contributed by atoms with van der Waals surface area (Å²) in [5.74, 6) is 0.132. The summed E-state index contributed by atoms with van der Waals surface area (Å²) in [6.45, 7) is 6.47. The molecule has 1 aromatic rings. The van der Waals surface area contributed by atoms with Gasteiger partial charge in [0.05, 0.1) is 11.6 Å².